The number of hydrogen-bond donors (Lipinski definition) is 1. The van der Waals surface area contributed by atoms with Gasteiger partial charge in [0.1, 0.15) is 10.7 Å². The number of nitrogens with one attached hydrogen (secondary N) is 1. The third-order valence-electron chi connectivity index (χ3n) is 3.65. The molecule has 3 rings (SSSR count). The van der Waals surface area contributed by atoms with E-state index < -0.39 is 10.0 Å². The molecular formula is C14H19N5O2S. The fourth-order valence-electron chi connectivity index (χ4n) is 2.45. The van der Waals surface area contributed by atoms with Gasteiger partial charge in [0.2, 0.25) is 10.0 Å². The molecule has 1 saturated heterocycles. The van der Waals surface area contributed by atoms with Crippen LogP contribution in [0.4, 0.5) is 5.82 Å². The number of rotatable bonds is 6. The smallest absolute Gasteiger partial charge is 0.244 e. The van der Waals surface area contributed by atoms with Gasteiger partial charge < -0.3 is 5.32 Å². The molecular weight excluding hydrogens is 302 g/mol. The highest BCUT2D eigenvalue weighted by molar-refractivity contribution is 7.89. The van der Waals surface area contributed by atoms with Crippen molar-refractivity contribution in [2.45, 2.75) is 24.3 Å². The van der Waals surface area contributed by atoms with Crippen LogP contribution in [0, 0.1) is 0 Å². The van der Waals surface area contributed by atoms with Gasteiger partial charge in [-0.3, -0.25) is 4.68 Å². The van der Waals surface area contributed by atoms with Gasteiger partial charge in [-0.25, -0.2) is 13.4 Å². The molecule has 0 radical (unpaired) electrons. The van der Waals surface area contributed by atoms with Crippen LogP contribution in [0.15, 0.2) is 41.7 Å². The first-order valence-corrected chi connectivity index (χ1v) is 8.78. The second-order valence-corrected chi connectivity index (χ2v) is 7.12. The second kappa shape index (κ2) is 6.45. The minimum atomic E-state index is -3.38. The summed E-state index contributed by atoms with van der Waals surface area (Å²) < 4.78 is 28.1. The van der Waals surface area contributed by atoms with Gasteiger partial charge in [0, 0.05) is 38.2 Å². The Morgan fingerprint density at radius 2 is 2.05 bits per heavy atom. The van der Waals surface area contributed by atoms with Crippen LogP contribution < -0.4 is 5.32 Å². The fraction of sp³-hybridized carbons (Fsp3) is 0.429. The van der Waals surface area contributed by atoms with E-state index in [0.717, 1.165) is 19.4 Å². The molecule has 0 bridgehead atoms. The maximum Gasteiger partial charge on any atom is 0.244 e. The topological polar surface area (TPSA) is 80.1 Å². The molecule has 1 fully saturated rings. The molecule has 1 aliphatic heterocycles. The first-order valence-electron chi connectivity index (χ1n) is 7.34. The van der Waals surface area contributed by atoms with E-state index in [1.165, 1.54) is 10.5 Å². The Kier molecular flexibility index (Phi) is 4.39. The van der Waals surface area contributed by atoms with E-state index in [-0.39, 0.29) is 4.90 Å². The van der Waals surface area contributed by atoms with Crippen LogP contribution in [0.2, 0.25) is 0 Å². The van der Waals surface area contributed by atoms with Crippen molar-refractivity contribution in [3.8, 4) is 0 Å². The fourth-order valence-corrected chi connectivity index (χ4v) is 3.91. The van der Waals surface area contributed by atoms with E-state index in [1.54, 1.807) is 18.3 Å². The summed E-state index contributed by atoms with van der Waals surface area (Å²) in [5.41, 5.74) is 0. The van der Waals surface area contributed by atoms with Gasteiger partial charge in [0.05, 0.1) is 6.54 Å². The number of anilines is 1. The van der Waals surface area contributed by atoms with E-state index in [9.17, 15) is 8.42 Å². The van der Waals surface area contributed by atoms with Crippen LogP contribution in [0.5, 0.6) is 0 Å². The first kappa shape index (κ1) is 15.0. The number of nitrogens with zero attached hydrogens (tertiary/aromatic N) is 4. The quantitative estimate of drug-likeness (QED) is 0.864. The molecule has 3 heterocycles. The van der Waals surface area contributed by atoms with Crippen molar-refractivity contribution in [3.63, 3.8) is 0 Å². The van der Waals surface area contributed by atoms with E-state index in [4.69, 9.17) is 0 Å². The predicted octanol–water partition coefficient (Wildman–Crippen LogP) is 1.17. The summed E-state index contributed by atoms with van der Waals surface area (Å²) >= 11 is 0. The van der Waals surface area contributed by atoms with Crippen molar-refractivity contribution < 1.29 is 8.42 Å². The first-order chi connectivity index (χ1) is 10.7. The third-order valence-corrected chi connectivity index (χ3v) is 5.53. The molecule has 0 aromatic carbocycles. The number of sulfonamides is 1. The molecule has 7 nitrogen and oxygen atoms in total. The van der Waals surface area contributed by atoms with Gasteiger partial charge in [0.15, 0.2) is 0 Å². The Morgan fingerprint density at radius 1 is 1.23 bits per heavy atom. The zero-order valence-electron chi connectivity index (χ0n) is 12.2. The number of aromatic nitrogens is 3. The largest absolute Gasteiger partial charge is 0.368 e. The Morgan fingerprint density at radius 3 is 2.68 bits per heavy atom. The monoisotopic (exact) mass is 321 g/mol. The van der Waals surface area contributed by atoms with Crippen LogP contribution >= 0.6 is 0 Å². The summed E-state index contributed by atoms with van der Waals surface area (Å²) in [4.78, 5) is 4.45. The van der Waals surface area contributed by atoms with Crippen LogP contribution in [-0.4, -0.2) is 47.1 Å². The molecule has 8 heteroatoms. The molecule has 0 unspecified atom stereocenters. The van der Waals surface area contributed by atoms with Crippen molar-refractivity contribution >= 4 is 15.8 Å². The second-order valence-electron chi connectivity index (χ2n) is 5.19. The minimum Gasteiger partial charge on any atom is -0.368 e. The lowest BCUT2D eigenvalue weighted by Crippen LogP contribution is -2.27. The molecule has 1 aliphatic rings. The van der Waals surface area contributed by atoms with Crippen molar-refractivity contribution in [1.29, 1.82) is 0 Å². The molecule has 0 atom stereocenters. The third kappa shape index (κ3) is 3.28. The highest BCUT2D eigenvalue weighted by Gasteiger charge is 2.27. The van der Waals surface area contributed by atoms with E-state index in [0.29, 0.717) is 25.5 Å². The standard InChI is InChI=1S/C14H19N5O2S/c20-22(21,19-9-1-2-10-19)13-4-5-14(16-12-13)15-7-11-18-8-3-6-17-18/h3-6,8,12H,1-2,7,9-11H2,(H,15,16). The van der Waals surface area contributed by atoms with Gasteiger partial charge >= 0.3 is 0 Å². The number of pyridine rings is 1. The summed E-state index contributed by atoms with van der Waals surface area (Å²) in [6, 6.07) is 5.18. The molecule has 0 saturated carbocycles. The van der Waals surface area contributed by atoms with Crippen LogP contribution in [0.1, 0.15) is 12.8 Å². The lowest BCUT2D eigenvalue weighted by Gasteiger charge is -2.15. The van der Waals surface area contributed by atoms with Gasteiger partial charge in [-0.15, -0.1) is 0 Å². The molecule has 2 aromatic heterocycles. The molecule has 2 aromatic rings. The summed E-state index contributed by atoms with van der Waals surface area (Å²) in [7, 11) is -3.38. The summed E-state index contributed by atoms with van der Waals surface area (Å²) in [6.07, 6.45) is 6.90. The Balaban J connectivity index is 1.60. The lowest BCUT2D eigenvalue weighted by molar-refractivity contribution is 0.477. The van der Waals surface area contributed by atoms with Gasteiger partial charge in [-0.1, -0.05) is 0 Å². The molecule has 0 amide bonds. The average Bonchev–Trinajstić information content (AvgIpc) is 3.21. The minimum absolute atomic E-state index is 0.257. The highest BCUT2D eigenvalue weighted by atomic mass is 32.2. The Bertz CT molecular complexity index is 691. The molecule has 22 heavy (non-hydrogen) atoms. The number of hydrogen-bond acceptors (Lipinski definition) is 5. The zero-order chi connectivity index (χ0) is 15.4. The molecule has 0 spiro atoms. The Labute approximate surface area is 130 Å². The predicted molar refractivity (Wildman–Crippen MR) is 82.9 cm³/mol. The van der Waals surface area contributed by atoms with Gasteiger partial charge in [-0.05, 0) is 31.0 Å². The lowest BCUT2D eigenvalue weighted by atomic mass is 10.4. The van der Waals surface area contributed by atoms with Crippen LogP contribution in [0.25, 0.3) is 0 Å². The van der Waals surface area contributed by atoms with Crippen molar-refractivity contribution in [2.75, 3.05) is 25.0 Å². The van der Waals surface area contributed by atoms with Crippen molar-refractivity contribution in [3.05, 3.63) is 36.8 Å². The summed E-state index contributed by atoms with van der Waals surface area (Å²) in [5.74, 6) is 0.660. The van der Waals surface area contributed by atoms with Gasteiger partial charge in [0.25, 0.3) is 0 Å². The maximum atomic E-state index is 12.4. The summed E-state index contributed by atoms with van der Waals surface area (Å²) in [6.45, 7) is 2.60. The van der Waals surface area contributed by atoms with Crippen molar-refractivity contribution in [2.24, 2.45) is 0 Å². The molecule has 1 N–H and O–H groups in total. The molecule has 0 aliphatic carbocycles. The summed E-state index contributed by atoms with van der Waals surface area (Å²) in [5, 5.41) is 7.26. The maximum absolute atomic E-state index is 12.4. The van der Waals surface area contributed by atoms with Crippen LogP contribution in [0.3, 0.4) is 0 Å². The molecule has 118 valence electrons. The van der Waals surface area contributed by atoms with E-state index in [1.807, 2.05) is 16.9 Å². The highest BCUT2D eigenvalue weighted by Crippen LogP contribution is 2.20. The van der Waals surface area contributed by atoms with Crippen molar-refractivity contribution in [1.82, 2.24) is 19.1 Å². The van der Waals surface area contributed by atoms with E-state index >= 15 is 0 Å². The SMILES string of the molecule is O=S(=O)(c1ccc(NCCn2cccn2)nc1)N1CCCC1. The zero-order valence-corrected chi connectivity index (χ0v) is 13.0. The van der Waals surface area contributed by atoms with Gasteiger partial charge in [-0.2, -0.15) is 9.40 Å². The normalized spacial score (nSPS) is 16.0. The Hall–Kier alpha value is -1.93. The van der Waals surface area contributed by atoms with E-state index in [2.05, 4.69) is 15.4 Å². The van der Waals surface area contributed by atoms with Crippen LogP contribution in [-0.2, 0) is 16.6 Å². The average molecular weight is 321 g/mol.